The van der Waals surface area contributed by atoms with Gasteiger partial charge < -0.3 is 71.0 Å². The Morgan fingerprint density at radius 1 is 0.400 bits per heavy atom. The highest BCUT2D eigenvalue weighted by atomic mass is 16.5. The second kappa shape index (κ2) is 33.2. The van der Waals surface area contributed by atoms with E-state index in [-0.39, 0.29) is 36.3 Å². The summed E-state index contributed by atoms with van der Waals surface area (Å²) >= 11 is 0. The fraction of sp³-hybridized carbons (Fsp3) is 0.533. The zero-order chi connectivity index (χ0) is 55.4. The highest BCUT2D eigenvalue weighted by Gasteiger charge is 2.39. The predicted molar refractivity (Wildman–Crippen MR) is 308 cm³/mol. The minimum absolute atomic E-state index is 0.0613. The molecule has 4 atom stereocenters. The van der Waals surface area contributed by atoms with Gasteiger partial charge in [0.15, 0.2) is 0 Å². The van der Waals surface area contributed by atoms with E-state index in [9.17, 15) is 19.2 Å². The van der Waals surface area contributed by atoms with Gasteiger partial charge in [0, 0.05) is 62.8 Å². The Kier molecular flexibility index (Phi) is 24.6. The molecule has 20 nitrogen and oxygen atoms in total. The topological polar surface area (TPSA) is 226 Å². The van der Waals surface area contributed by atoms with Crippen LogP contribution in [0.3, 0.4) is 0 Å². The predicted octanol–water partition coefficient (Wildman–Crippen LogP) is 7.14. The van der Waals surface area contributed by atoms with Crippen LogP contribution in [-0.4, -0.2) is 164 Å². The van der Waals surface area contributed by atoms with Crippen molar-refractivity contribution in [3.05, 3.63) is 119 Å². The van der Waals surface area contributed by atoms with Crippen molar-refractivity contribution in [2.24, 2.45) is 0 Å². The minimum atomic E-state index is -0.329. The molecule has 0 saturated carbocycles. The zero-order valence-electron chi connectivity index (χ0n) is 46.3. The summed E-state index contributed by atoms with van der Waals surface area (Å²) in [7, 11) is 0. The number of carbonyl (C=O) groups is 4. The summed E-state index contributed by atoms with van der Waals surface area (Å²) < 4.78 is 35.6. The Labute approximate surface area is 471 Å². The second-order valence-electron chi connectivity index (χ2n) is 20.6. The lowest BCUT2D eigenvalue weighted by atomic mass is 10.0. The van der Waals surface area contributed by atoms with Gasteiger partial charge in [-0.1, -0.05) is 73.5 Å². The van der Waals surface area contributed by atoms with Gasteiger partial charge in [0.05, 0.1) is 64.9 Å². The molecule has 0 radical (unpaired) electrons. The lowest BCUT2D eigenvalue weighted by molar-refractivity contribution is 0.0511. The molecular formula is C60H84N10O10. The first kappa shape index (κ1) is 59.4. The van der Waals surface area contributed by atoms with Gasteiger partial charge in [-0.25, -0.2) is 19.2 Å². The Morgan fingerprint density at radius 3 is 1.16 bits per heavy atom. The van der Waals surface area contributed by atoms with Crippen LogP contribution < -0.4 is 52.0 Å². The van der Waals surface area contributed by atoms with Crippen molar-refractivity contribution < 1.29 is 47.6 Å². The highest BCUT2D eigenvalue weighted by molar-refractivity contribution is 5.90. The van der Waals surface area contributed by atoms with Gasteiger partial charge in [-0.05, 0) is 124 Å². The summed E-state index contributed by atoms with van der Waals surface area (Å²) in [6, 6.07) is 31.6. The van der Waals surface area contributed by atoms with E-state index in [0.717, 1.165) is 50.5 Å². The number of anilines is 2. The standard InChI is InChI=1S/C60H84N10O10/c71-57(63-25-33-75-37-39-77-35-27-65-59(73)67-47-17-13-19-49(43-47)79-55-51-21-5-3-15-45(51)41-53(55)69-29-9-1-10-30-69)61-23-7-8-24-62-58(72)64-26-34-76-38-40-78-36-28-66-60(74)68-48-18-14-20-50(44-48)80-56-52-22-6-4-16-46(52)42-54(56)70-31-11-2-12-32-70/h3-6,13-22,43-44,53-56H,1-2,7-12,23-42H2,(H2,61,63,71)(H2,62,64,72)(H2,65,67,73)(H2,66,68,74)/t53-,54-,55-,56-/m0/s1. The summed E-state index contributed by atoms with van der Waals surface area (Å²) in [5.74, 6) is 1.44. The molecule has 20 heteroatoms. The normalized spacial score (nSPS) is 18.8. The summed E-state index contributed by atoms with van der Waals surface area (Å²) in [6.07, 6.45) is 10.7. The molecule has 4 aliphatic rings. The van der Waals surface area contributed by atoms with Crippen molar-refractivity contribution in [2.45, 2.75) is 88.5 Å². The quantitative estimate of drug-likeness (QED) is 0.0236. The summed E-state index contributed by atoms with van der Waals surface area (Å²) in [4.78, 5) is 54.7. The summed E-state index contributed by atoms with van der Waals surface area (Å²) in [5, 5.41) is 22.5. The first-order valence-electron chi connectivity index (χ1n) is 29.0. The molecule has 2 aliphatic heterocycles. The maximum atomic E-state index is 12.6. The average molecular weight is 1110 g/mol. The van der Waals surface area contributed by atoms with E-state index >= 15 is 0 Å². The monoisotopic (exact) mass is 1100 g/mol. The second-order valence-corrected chi connectivity index (χ2v) is 20.6. The van der Waals surface area contributed by atoms with E-state index in [1.165, 1.54) is 60.8 Å². The number of fused-ring (bicyclic) bond motifs is 2. The van der Waals surface area contributed by atoms with Gasteiger partial charge in [-0.15, -0.1) is 0 Å². The van der Waals surface area contributed by atoms with E-state index < -0.39 is 0 Å². The first-order chi connectivity index (χ1) is 39.4. The number of hydrogen-bond donors (Lipinski definition) is 8. The number of rotatable bonds is 31. The minimum Gasteiger partial charge on any atom is -0.484 e. The van der Waals surface area contributed by atoms with Gasteiger partial charge in [0.1, 0.15) is 23.7 Å². The third kappa shape index (κ3) is 19.5. The van der Waals surface area contributed by atoms with Crippen molar-refractivity contribution in [1.29, 1.82) is 0 Å². The molecule has 2 fully saturated rings. The van der Waals surface area contributed by atoms with Crippen LogP contribution in [0.25, 0.3) is 0 Å². The molecule has 4 aromatic carbocycles. The number of carbonyl (C=O) groups excluding carboxylic acids is 4. The number of nitrogens with one attached hydrogen (secondary N) is 8. The molecule has 0 bridgehead atoms. The number of nitrogens with zero attached hydrogens (tertiary/aromatic N) is 2. The van der Waals surface area contributed by atoms with Gasteiger partial charge in [-0.3, -0.25) is 9.80 Å². The van der Waals surface area contributed by atoms with E-state index in [2.05, 4.69) is 101 Å². The Morgan fingerprint density at radius 2 is 0.762 bits per heavy atom. The molecule has 2 heterocycles. The molecule has 2 aliphatic carbocycles. The van der Waals surface area contributed by atoms with Crippen LogP contribution >= 0.6 is 0 Å². The van der Waals surface area contributed by atoms with Crippen LogP contribution in [0.1, 0.15) is 85.8 Å². The number of urea groups is 4. The lowest BCUT2D eigenvalue weighted by Gasteiger charge is -2.35. The maximum absolute atomic E-state index is 12.6. The van der Waals surface area contributed by atoms with Crippen molar-refractivity contribution in [3.63, 3.8) is 0 Å². The molecule has 80 heavy (non-hydrogen) atoms. The molecule has 0 spiro atoms. The van der Waals surface area contributed by atoms with Crippen molar-refractivity contribution in [2.75, 3.05) is 129 Å². The SMILES string of the molecule is O=C(NCCCCNC(=O)NCCOCCOCCNC(=O)Nc1cccc(O[C@H]2c3ccccc3C[C@@H]2N2CCCCC2)c1)NCCOCCOCCNC(=O)Nc1cccc(O[C@H]2c3ccccc3C[C@@H]2N2CCCCC2)c1. The van der Waals surface area contributed by atoms with Crippen LogP contribution in [-0.2, 0) is 31.8 Å². The van der Waals surface area contributed by atoms with Gasteiger partial charge >= 0.3 is 24.1 Å². The molecule has 8 amide bonds. The number of likely N-dealkylation sites (tertiary alicyclic amines) is 2. The number of unbranched alkanes of at least 4 members (excludes halogenated alkanes) is 1. The highest BCUT2D eigenvalue weighted by Crippen LogP contribution is 2.41. The van der Waals surface area contributed by atoms with Crippen LogP contribution in [0, 0.1) is 0 Å². The third-order valence-electron chi connectivity index (χ3n) is 14.8. The zero-order valence-corrected chi connectivity index (χ0v) is 46.3. The third-order valence-corrected chi connectivity index (χ3v) is 14.8. The fourth-order valence-corrected chi connectivity index (χ4v) is 10.8. The fourth-order valence-electron chi connectivity index (χ4n) is 10.8. The van der Waals surface area contributed by atoms with E-state index in [4.69, 9.17) is 28.4 Å². The molecule has 0 aromatic heterocycles. The van der Waals surface area contributed by atoms with E-state index in [1.54, 1.807) is 0 Å². The molecular weight excluding hydrogens is 1020 g/mol. The smallest absolute Gasteiger partial charge is 0.319 e. The molecule has 0 unspecified atom stereocenters. The molecule has 8 rings (SSSR count). The van der Waals surface area contributed by atoms with Crippen LogP contribution in [0.5, 0.6) is 11.5 Å². The van der Waals surface area contributed by atoms with E-state index in [0.29, 0.717) is 128 Å². The number of ether oxygens (including phenoxy) is 6. The van der Waals surface area contributed by atoms with Crippen molar-refractivity contribution >= 4 is 35.5 Å². The van der Waals surface area contributed by atoms with Crippen molar-refractivity contribution in [3.8, 4) is 11.5 Å². The number of amides is 8. The largest absolute Gasteiger partial charge is 0.484 e. The molecule has 2 saturated heterocycles. The van der Waals surface area contributed by atoms with Crippen LogP contribution in [0.4, 0.5) is 30.6 Å². The van der Waals surface area contributed by atoms with E-state index in [1.807, 2.05) is 48.5 Å². The lowest BCUT2D eigenvalue weighted by Crippen LogP contribution is -2.43. The molecule has 8 N–H and O–H groups in total. The first-order valence-corrected chi connectivity index (χ1v) is 29.0. The Hall–Kier alpha value is -6.68. The summed E-state index contributed by atoms with van der Waals surface area (Å²) in [6.45, 7) is 9.35. The van der Waals surface area contributed by atoms with Crippen LogP contribution in [0.15, 0.2) is 97.1 Å². The van der Waals surface area contributed by atoms with Crippen LogP contribution in [0.2, 0.25) is 0 Å². The Bertz CT molecular complexity index is 2360. The van der Waals surface area contributed by atoms with Gasteiger partial charge in [0.25, 0.3) is 0 Å². The molecule has 4 aromatic rings. The van der Waals surface area contributed by atoms with Gasteiger partial charge in [0.2, 0.25) is 0 Å². The average Bonchev–Trinajstić information content (AvgIpc) is 4.06. The van der Waals surface area contributed by atoms with Gasteiger partial charge in [-0.2, -0.15) is 0 Å². The molecule has 434 valence electrons. The number of benzene rings is 4. The maximum Gasteiger partial charge on any atom is 0.319 e. The Balaban J connectivity index is 0.553. The number of piperidine rings is 2. The summed E-state index contributed by atoms with van der Waals surface area (Å²) in [5.41, 5.74) is 6.47. The van der Waals surface area contributed by atoms with Crippen molar-refractivity contribution in [1.82, 2.24) is 41.7 Å². The number of hydrogen-bond acceptors (Lipinski definition) is 12.